The van der Waals surface area contributed by atoms with Crippen LogP contribution in [0, 0.1) is 0 Å². The van der Waals surface area contributed by atoms with Crippen LogP contribution in [0.5, 0.6) is 0 Å². The van der Waals surface area contributed by atoms with Crippen molar-refractivity contribution in [3.05, 3.63) is 34.9 Å². The summed E-state index contributed by atoms with van der Waals surface area (Å²) in [7, 11) is 0. The number of nitrogens with one attached hydrogen (secondary N) is 1. The van der Waals surface area contributed by atoms with Gasteiger partial charge in [-0.2, -0.15) is 0 Å². The van der Waals surface area contributed by atoms with E-state index in [2.05, 4.69) is 5.32 Å². The molecule has 0 fully saturated rings. The van der Waals surface area contributed by atoms with E-state index in [0.717, 1.165) is 5.56 Å². The highest BCUT2D eigenvalue weighted by Gasteiger charge is 2.29. The summed E-state index contributed by atoms with van der Waals surface area (Å²) in [6.45, 7) is 5.07. The molecule has 2 atom stereocenters. The topological polar surface area (TPSA) is 95.9 Å². The molecule has 1 rings (SSSR count). The molecule has 6 nitrogen and oxygen atoms in total. The Balaban J connectivity index is 2.82. The summed E-state index contributed by atoms with van der Waals surface area (Å²) in [5.41, 5.74) is 0.00839. The molecular weight excluding hydrogens is 310 g/mol. The fourth-order valence-corrected chi connectivity index (χ4v) is 1.87. The summed E-state index contributed by atoms with van der Waals surface area (Å²) in [6.07, 6.45) is -2.40. The summed E-state index contributed by atoms with van der Waals surface area (Å²) < 4.78 is 5.08. The van der Waals surface area contributed by atoms with Crippen molar-refractivity contribution in [2.45, 2.75) is 44.9 Å². The zero-order valence-electron chi connectivity index (χ0n) is 12.7. The number of amides is 1. The zero-order chi connectivity index (χ0) is 16.9. The van der Waals surface area contributed by atoms with E-state index < -0.39 is 29.8 Å². The SMILES string of the molecule is CC(C)(C)OC(=O)N[C@@H](Cc1ccc(Cl)cc1)[C@H](O)C(=O)O. The smallest absolute Gasteiger partial charge is 0.407 e. The molecule has 0 unspecified atom stereocenters. The molecule has 0 heterocycles. The van der Waals surface area contributed by atoms with Crippen LogP contribution in [0.3, 0.4) is 0 Å². The summed E-state index contributed by atoms with van der Waals surface area (Å²) >= 11 is 5.78. The van der Waals surface area contributed by atoms with Crippen LogP contribution in [0.4, 0.5) is 4.79 Å². The van der Waals surface area contributed by atoms with Gasteiger partial charge in [0.1, 0.15) is 5.60 Å². The molecule has 0 spiro atoms. The van der Waals surface area contributed by atoms with Gasteiger partial charge in [0.15, 0.2) is 6.10 Å². The van der Waals surface area contributed by atoms with Gasteiger partial charge in [0.05, 0.1) is 6.04 Å². The molecule has 0 saturated heterocycles. The average molecular weight is 330 g/mol. The van der Waals surface area contributed by atoms with E-state index in [1.807, 2.05) is 0 Å². The number of aliphatic carboxylic acids is 1. The van der Waals surface area contributed by atoms with Crippen molar-refractivity contribution in [2.75, 3.05) is 0 Å². The van der Waals surface area contributed by atoms with Gasteiger partial charge in [-0.15, -0.1) is 0 Å². The third-order valence-corrected chi connectivity index (χ3v) is 2.96. The quantitative estimate of drug-likeness (QED) is 0.769. The highest BCUT2D eigenvalue weighted by atomic mass is 35.5. The molecule has 1 aromatic carbocycles. The van der Waals surface area contributed by atoms with E-state index in [4.69, 9.17) is 21.4 Å². The molecule has 0 aliphatic carbocycles. The Labute approximate surface area is 134 Å². The van der Waals surface area contributed by atoms with Crippen molar-refractivity contribution in [1.82, 2.24) is 5.32 Å². The van der Waals surface area contributed by atoms with Gasteiger partial charge in [-0.25, -0.2) is 9.59 Å². The van der Waals surface area contributed by atoms with Crippen molar-refractivity contribution in [2.24, 2.45) is 0 Å². The number of aliphatic hydroxyl groups excluding tert-OH is 1. The van der Waals surface area contributed by atoms with Gasteiger partial charge >= 0.3 is 12.1 Å². The Morgan fingerprint density at radius 2 is 1.82 bits per heavy atom. The predicted octanol–water partition coefficient (Wildman–Crippen LogP) is 2.22. The van der Waals surface area contributed by atoms with Crippen LogP contribution in [0.15, 0.2) is 24.3 Å². The first-order valence-corrected chi connectivity index (χ1v) is 7.11. The van der Waals surface area contributed by atoms with Crippen LogP contribution in [0.25, 0.3) is 0 Å². The number of benzene rings is 1. The van der Waals surface area contributed by atoms with Gasteiger partial charge in [0.2, 0.25) is 0 Å². The van der Waals surface area contributed by atoms with Gasteiger partial charge in [-0.3, -0.25) is 0 Å². The number of carbonyl (C=O) groups is 2. The van der Waals surface area contributed by atoms with Crippen LogP contribution in [0.1, 0.15) is 26.3 Å². The largest absolute Gasteiger partial charge is 0.479 e. The Morgan fingerprint density at radius 1 is 1.27 bits per heavy atom. The van der Waals surface area contributed by atoms with Gasteiger partial charge < -0.3 is 20.3 Å². The number of carboxylic acids is 1. The molecule has 0 aliphatic heterocycles. The Kier molecular flexibility index (Phi) is 6.20. The molecule has 3 N–H and O–H groups in total. The molecule has 1 amide bonds. The molecule has 0 bridgehead atoms. The molecule has 0 radical (unpaired) electrons. The van der Waals surface area contributed by atoms with Crippen molar-refractivity contribution in [1.29, 1.82) is 0 Å². The second-order valence-electron chi connectivity index (χ2n) is 5.87. The maximum atomic E-state index is 11.8. The number of hydrogen-bond donors (Lipinski definition) is 3. The normalized spacial score (nSPS) is 14.0. The molecule has 0 aromatic heterocycles. The number of alkyl carbamates (subject to hydrolysis) is 1. The average Bonchev–Trinajstić information content (AvgIpc) is 2.37. The van der Waals surface area contributed by atoms with Crippen LogP contribution in [-0.2, 0) is 16.0 Å². The van der Waals surface area contributed by atoms with Crippen LogP contribution < -0.4 is 5.32 Å². The summed E-state index contributed by atoms with van der Waals surface area (Å²) in [5.74, 6) is -1.42. The molecule has 122 valence electrons. The Hall–Kier alpha value is -1.79. The number of carbonyl (C=O) groups excluding carboxylic acids is 1. The number of ether oxygens (including phenoxy) is 1. The zero-order valence-corrected chi connectivity index (χ0v) is 13.4. The van der Waals surface area contributed by atoms with E-state index >= 15 is 0 Å². The van der Waals surface area contributed by atoms with E-state index in [0.29, 0.717) is 5.02 Å². The van der Waals surface area contributed by atoms with Gasteiger partial charge in [0, 0.05) is 5.02 Å². The third-order valence-electron chi connectivity index (χ3n) is 2.71. The minimum atomic E-state index is -1.75. The molecule has 0 saturated carbocycles. The maximum absolute atomic E-state index is 11.8. The minimum Gasteiger partial charge on any atom is -0.479 e. The van der Waals surface area contributed by atoms with Gasteiger partial charge in [0.25, 0.3) is 0 Å². The summed E-state index contributed by atoms with van der Waals surface area (Å²) in [4.78, 5) is 22.8. The standard InChI is InChI=1S/C15H20ClNO5/c1-15(2,3)22-14(21)17-11(12(18)13(19)20)8-9-4-6-10(16)7-5-9/h4-7,11-12,18H,8H2,1-3H3,(H,17,21)(H,19,20)/t11-,12-/m0/s1. The lowest BCUT2D eigenvalue weighted by Crippen LogP contribution is -2.49. The van der Waals surface area contributed by atoms with Crippen molar-refractivity contribution in [3.63, 3.8) is 0 Å². The first-order valence-electron chi connectivity index (χ1n) is 6.73. The van der Waals surface area contributed by atoms with E-state index in [1.165, 1.54) is 0 Å². The molecule has 22 heavy (non-hydrogen) atoms. The number of hydrogen-bond acceptors (Lipinski definition) is 4. The predicted molar refractivity (Wildman–Crippen MR) is 82.0 cm³/mol. The van der Waals surface area contributed by atoms with Crippen molar-refractivity contribution < 1.29 is 24.5 Å². The highest BCUT2D eigenvalue weighted by Crippen LogP contribution is 2.13. The number of aliphatic hydroxyl groups is 1. The van der Waals surface area contributed by atoms with E-state index in [9.17, 15) is 14.7 Å². The minimum absolute atomic E-state index is 0.129. The Morgan fingerprint density at radius 3 is 2.27 bits per heavy atom. The molecule has 0 aliphatic rings. The monoisotopic (exact) mass is 329 g/mol. The first kappa shape index (κ1) is 18.3. The lowest BCUT2D eigenvalue weighted by molar-refractivity contribution is -0.148. The lowest BCUT2D eigenvalue weighted by Gasteiger charge is -2.25. The third kappa shape index (κ3) is 6.32. The number of rotatable bonds is 5. The van der Waals surface area contributed by atoms with Crippen LogP contribution in [-0.4, -0.2) is 40.0 Å². The second kappa shape index (κ2) is 7.47. The highest BCUT2D eigenvalue weighted by molar-refractivity contribution is 6.30. The summed E-state index contributed by atoms with van der Waals surface area (Å²) in [5, 5.41) is 21.6. The Bertz CT molecular complexity index is 524. The fourth-order valence-electron chi connectivity index (χ4n) is 1.75. The van der Waals surface area contributed by atoms with E-state index in [-0.39, 0.29) is 6.42 Å². The molecule has 1 aromatic rings. The van der Waals surface area contributed by atoms with Crippen molar-refractivity contribution >= 4 is 23.7 Å². The van der Waals surface area contributed by atoms with Gasteiger partial charge in [-0.05, 0) is 44.9 Å². The number of halogens is 1. The fraction of sp³-hybridized carbons (Fsp3) is 0.467. The first-order chi connectivity index (χ1) is 10.1. The maximum Gasteiger partial charge on any atom is 0.407 e. The van der Waals surface area contributed by atoms with Gasteiger partial charge in [-0.1, -0.05) is 23.7 Å². The molecular formula is C15H20ClNO5. The lowest BCUT2D eigenvalue weighted by atomic mass is 10.0. The number of carboxylic acid groups (broad SMARTS) is 1. The van der Waals surface area contributed by atoms with Crippen LogP contribution in [0.2, 0.25) is 5.02 Å². The van der Waals surface area contributed by atoms with E-state index in [1.54, 1.807) is 45.0 Å². The second-order valence-corrected chi connectivity index (χ2v) is 6.30. The summed E-state index contributed by atoms with van der Waals surface area (Å²) in [6, 6.07) is 5.67. The van der Waals surface area contributed by atoms with Crippen LogP contribution >= 0.6 is 11.6 Å². The van der Waals surface area contributed by atoms with Crippen molar-refractivity contribution in [3.8, 4) is 0 Å². The molecule has 7 heteroatoms.